The van der Waals surface area contributed by atoms with Crippen LogP contribution in [0.15, 0.2) is 0 Å². The van der Waals surface area contributed by atoms with Crippen molar-refractivity contribution in [3.8, 4) is 6.07 Å². The Morgan fingerprint density at radius 1 is 1.47 bits per heavy atom. The molecule has 1 aliphatic heterocycles. The fourth-order valence-corrected chi connectivity index (χ4v) is 3.17. The van der Waals surface area contributed by atoms with E-state index >= 15 is 0 Å². The zero-order valence-corrected chi connectivity index (χ0v) is 11.0. The van der Waals surface area contributed by atoms with Crippen LogP contribution >= 0.6 is 0 Å². The van der Waals surface area contributed by atoms with Gasteiger partial charge in [0.05, 0.1) is 6.07 Å². The molecular weight excluding hydrogens is 210 g/mol. The van der Waals surface area contributed by atoms with Crippen LogP contribution in [-0.4, -0.2) is 30.6 Å². The van der Waals surface area contributed by atoms with Crippen molar-refractivity contribution in [2.24, 2.45) is 17.1 Å². The molecule has 96 valence electrons. The smallest absolute Gasteiger partial charge is 0.0628 e. The van der Waals surface area contributed by atoms with E-state index in [1.165, 1.54) is 38.6 Å². The molecule has 2 N–H and O–H groups in total. The lowest BCUT2D eigenvalue weighted by atomic mass is 9.87. The Kier molecular flexibility index (Phi) is 4.06. The Hall–Kier alpha value is -0.590. The maximum absolute atomic E-state index is 8.88. The average molecular weight is 235 g/mol. The van der Waals surface area contributed by atoms with Crippen LogP contribution in [-0.2, 0) is 0 Å². The fraction of sp³-hybridized carbons (Fsp3) is 0.929. The van der Waals surface area contributed by atoms with Crippen molar-refractivity contribution in [3.63, 3.8) is 0 Å². The minimum Gasteiger partial charge on any atom is -0.329 e. The fourth-order valence-electron chi connectivity index (χ4n) is 3.17. The predicted octanol–water partition coefficient (Wildman–Crippen LogP) is 2.13. The topological polar surface area (TPSA) is 53.0 Å². The van der Waals surface area contributed by atoms with Gasteiger partial charge in [-0.1, -0.05) is 13.3 Å². The first-order valence-corrected chi connectivity index (χ1v) is 7.04. The largest absolute Gasteiger partial charge is 0.329 e. The molecule has 17 heavy (non-hydrogen) atoms. The molecule has 0 aromatic rings. The molecule has 0 spiro atoms. The van der Waals surface area contributed by atoms with Crippen molar-refractivity contribution in [1.82, 2.24) is 4.90 Å². The van der Waals surface area contributed by atoms with Crippen LogP contribution in [0.4, 0.5) is 0 Å². The molecule has 0 aromatic carbocycles. The Morgan fingerprint density at radius 2 is 2.24 bits per heavy atom. The number of likely N-dealkylation sites (tertiary alicyclic amines) is 1. The Labute approximate surface area is 105 Å². The van der Waals surface area contributed by atoms with Crippen molar-refractivity contribution in [2.75, 3.05) is 19.6 Å². The molecule has 2 aliphatic rings. The Balaban J connectivity index is 1.90. The summed E-state index contributed by atoms with van der Waals surface area (Å²) in [6, 6.07) is 2.91. The van der Waals surface area contributed by atoms with E-state index in [0.29, 0.717) is 11.5 Å². The third-order valence-corrected chi connectivity index (χ3v) is 4.75. The normalized spacial score (nSPS) is 32.1. The average Bonchev–Trinajstić information content (AvgIpc) is 3.10. The lowest BCUT2D eigenvalue weighted by Crippen LogP contribution is -2.48. The summed E-state index contributed by atoms with van der Waals surface area (Å²) in [6.45, 7) is 5.36. The SMILES string of the molecule is CCC1CCN(CC2(CC#N)CC2)C(CN)C1. The number of hydrogen-bond acceptors (Lipinski definition) is 3. The number of nitriles is 1. The van der Waals surface area contributed by atoms with Crippen molar-refractivity contribution in [3.05, 3.63) is 0 Å². The summed E-state index contributed by atoms with van der Waals surface area (Å²) in [5.41, 5.74) is 6.25. The van der Waals surface area contributed by atoms with Gasteiger partial charge in [-0.3, -0.25) is 4.90 Å². The highest BCUT2D eigenvalue weighted by Gasteiger charge is 2.45. The summed E-state index contributed by atoms with van der Waals surface area (Å²) >= 11 is 0. The van der Waals surface area contributed by atoms with Gasteiger partial charge in [0.25, 0.3) is 0 Å². The van der Waals surface area contributed by atoms with Crippen LogP contribution in [0.25, 0.3) is 0 Å². The summed E-state index contributed by atoms with van der Waals surface area (Å²) in [6.07, 6.45) is 7.08. The van der Waals surface area contributed by atoms with Crippen LogP contribution < -0.4 is 5.73 Å². The van der Waals surface area contributed by atoms with E-state index in [2.05, 4.69) is 17.9 Å². The van der Waals surface area contributed by atoms with Crippen molar-refractivity contribution < 1.29 is 0 Å². The molecule has 3 heteroatoms. The van der Waals surface area contributed by atoms with E-state index in [0.717, 1.165) is 25.4 Å². The second-order valence-corrected chi connectivity index (χ2v) is 5.99. The van der Waals surface area contributed by atoms with Crippen LogP contribution in [0.2, 0.25) is 0 Å². The molecule has 2 fully saturated rings. The van der Waals surface area contributed by atoms with E-state index < -0.39 is 0 Å². The first kappa shape index (κ1) is 12.9. The Bertz CT molecular complexity index is 290. The Morgan fingerprint density at radius 3 is 2.76 bits per heavy atom. The number of hydrogen-bond donors (Lipinski definition) is 1. The van der Waals surface area contributed by atoms with E-state index in [-0.39, 0.29) is 0 Å². The van der Waals surface area contributed by atoms with Crippen LogP contribution in [0.3, 0.4) is 0 Å². The molecule has 1 aliphatic carbocycles. The van der Waals surface area contributed by atoms with Crippen molar-refractivity contribution in [2.45, 2.75) is 51.5 Å². The van der Waals surface area contributed by atoms with Gasteiger partial charge in [0, 0.05) is 25.6 Å². The number of rotatable bonds is 5. The predicted molar refractivity (Wildman–Crippen MR) is 69.3 cm³/mol. The summed E-state index contributed by atoms with van der Waals surface area (Å²) in [5.74, 6) is 0.867. The van der Waals surface area contributed by atoms with Gasteiger partial charge in [-0.25, -0.2) is 0 Å². The number of nitrogens with two attached hydrogens (primary N) is 1. The molecule has 0 aromatic heterocycles. The molecule has 2 unspecified atom stereocenters. The molecule has 1 heterocycles. The highest BCUT2D eigenvalue weighted by molar-refractivity contribution is 5.02. The van der Waals surface area contributed by atoms with Gasteiger partial charge >= 0.3 is 0 Å². The quantitative estimate of drug-likeness (QED) is 0.794. The minimum atomic E-state index is 0.335. The van der Waals surface area contributed by atoms with Gasteiger partial charge in [-0.15, -0.1) is 0 Å². The number of nitrogens with zero attached hydrogens (tertiary/aromatic N) is 2. The minimum absolute atomic E-state index is 0.335. The summed E-state index contributed by atoms with van der Waals surface area (Å²) in [5, 5.41) is 8.88. The van der Waals surface area contributed by atoms with E-state index in [9.17, 15) is 0 Å². The lowest BCUT2D eigenvalue weighted by molar-refractivity contribution is 0.0920. The maximum Gasteiger partial charge on any atom is 0.0628 e. The van der Waals surface area contributed by atoms with Gasteiger partial charge in [0.15, 0.2) is 0 Å². The third kappa shape index (κ3) is 3.00. The van der Waals surface area contributed by atoms with Crippen LogP contribution in [0, 0.1) is 22.7 Å². The second kappa shape index (κ2) is 5.37. The highest BCUT2D eigenvalue weighted by atomic mass is 15.2. The number of piperidine rings is 1. The molecule has 3 nitrogen and oxygen atoms in total. The molecule has 0 amide bonds. The summed E-state index contributed by atoms with van der Waals surface area (Å²) in [7, 11) is 0. The van der Waals surface area contributed by atoms with Crippen LogP contribution in [0.5, 0.6) is 0 Å². The van der Waals surface area contributed by atoms with E-state index in [4.69, 9.17) is 11.0 Å². The molecular formula is C14H25N3. The molecule has 2 rings (SSSR count). The molecule has 1 saturated heterocycles. The van der Waals surface area contributed by atoms with E-state index in [1.54, 1.807) is 0 Å². The third-order valence-electron chi connectivity index (χ3n) is 4.75. The van der Waals surface area contributed by atoms with Gasteiger partial charge in [-0.05, 0) is 43.6 Å². The van der Waals surface area contributed by atoms with Crippen molar-refractivity contribution >= 4 is 0 Å². The highest BCUT2D eigenvalue weighted by Crippen LogP contribution is 2.49. The summed E-state index contributed by atoms with van der Waals surface area (Å²) in [4.78, 5) is 2.57. The first-order valence-electron chi connectivity index (χ1n) is 7.04. The molecule has 1 saturated carbocycles. The molecule has 0 bridgehead atoms. The molecule has 0 radical (unpaired) electrons. The monoisotopic (exact) mass is 235 g/mol. The molecule has 2 atom stereocenters. The van der Waals surface area contributed by atoms with Gasteiger partial charge < -0.3 is 5.73 Å². The maximum atomic E-state index is 8.88. The first-order chi connectivity index (χ1) is 8.23. The zero-order valence-electron chi connectivity index (χ0n) is 11.0. The zero-order chi connectivity index (χ0) is 12.3. The summed E-state index contributed by atoms with van der Waals surface area (Å²) < 4.78 is 0. The van der Waals surface area contributed by atoms with Gasteiger partial charge in [-0.2, -0.15) is 5.26 Å². The lowest BCUT2D eigenvalue weighted by Gasteiger charge is -2.40. The van der Waals surface area contributed by atoms with Crippen molar-refractivity contribution in [1.29, 1.82) is 5.26 Å². The van der Waals surface area contributed by atoms with Gasteiger partial charge in [0.1, 0.15) is 0 Å². The standard InChI is InChI=1S/C14H25N3/c1-2-12-3-8-17(13(9-12)10-16)11-14(4-5-14)6-7-15/h12-13H,2-6,8-11,16H2,1H3. The van der Waals surface area contributed by atoms with E-state index in [1.807, 2.05) is 0 Å². The second-order valence-electron chi connectivity index (χ2n) is 5.99. The van der Waals surface area contributed by atoms with Gasteiger partial charge in [0.2, 0.25) is 0 Å². The van der Waals surface area contributed by atoms with Crippen LogP contribution in [0.1, 0.15) is 45.4 Å².